The maximum atomic E-state index is 13.3. The Morgan fingerprint density at radius 3 is 2.67 bits per heavy atom. The normalized spacial score (nSPS) is 18.8. The van der Waals surface area contributed by atoms with Gasteiger partial charge in [0.05, 0.1) is 13.2 Å². The lowest BCUT2D eigenvalue weighted by molar-refractivity contribution is -1.12. The van der Waals surface area contributed by atoms with Gasteiger partial charge in [-0.05, 0) is 0 Å². The summed E-state index contributed by atoms with van der Waals surface area (Å²) in [6.45, 7) is 0.909. The number of quaternary nitrogens is 1. The van der Waals surface area contributed by atoms with Crippen LogP contribution in [0.25, 0.3) is 0 Å². The fourth-order valence-corrected chi connectivity index (χ4v) is 1.90. The molecule has 1 aliphatic rings. The van der Waals surface area contributed by atoms with Gasteiger partial charge in [0.15, 0.2) is 6.67 Å². The zero-order chi connectivity index (χ0) is 13.3. The molecule has 2 rings (SSSR count). The molecular formula is C10H15FN3O4+. The summed E-state index contributed by atoms with van der Waals surface area (Å²) in [5, 5.41) is 10.2. The highest BCUT2D eigenvalue weighted by Crippen LogP contribution is 2.07. The first-order valence-corrected chi connectivity index (χ1v) is 5.55. The molecule has 0 spiro atoms. The number of nitrogens with zero attached hydrogens (tertiary/aromatic N) is 3. The molecule has 1 aromatic heterocycles. The topological polar surface area (TPSA) is 73.5 Å². The number of morpholine rings is 1. The number of hydroxylamine groups is 3. The third kappa shape index (κ3) is 2.35. The van der Waals surface area contributed by atoms with Gasteiger partial charge < -0.3 is 9.30 Å². The second-order valence-electron chi connectivity index (χ2n) is 4.40. The Hall–Kier alpha value is -1.51. The minimum Gasteiger partial charge on any atom is -0.370 e. The summed E-state index contributed by atoms with van der Waals surface area (Å²) in [5.74, 6) is -1.02. The van der Waals surface area contributed by atoms with Crippen LogP contribution in [0.3, 0.4) is 0 Å². The molecular weight excluding hydrogens is 245 g/mol. The molecule has 1 saturated heterocycles. The number of halogens is 1. The molecule has 1 aromatic rings. The summed E-state index contributed by atoms with van der Waals surface area (Å²) < 4.78 is 19.6. The van der Waals surface area contributed by atoms with Gasteiger partial charge in [-0.1, -0.05) is 0 Å². The fraction of sp³-hybridized carbons (Fsp3) is 0.600. The van der Waals surface area contributed by atoms with Crippen LogP contribution in [0.5, 0.6) is 0 Å². The standard InChI is InChI=1S/C10H15FN3O4/c1-12-6-8(11)9(15)13(10(12)16)7-14(17)2-4-18-5-3-14/h6,17H,2-5,7H2,1H3/q+1. The van der Waals surface area contributed by atoms with E-state index in [0.29, 0.717) is 17.8 Å². The van der Waals surface area contributed by atoms with Crippen molar-refractivity contribution in [2.24, 2.45) is 7.05 Å². The number of aryl methyl sites for hydroxylation is 1. The number of aromatic nitrogens is 2. The molecule has 0 aliphatic carbocycles. The summed E-state index contributed by atoms with van der Waals surface area (Å²) in [4.78, 5) is 23.3. The van der Waals surface area contributed by atoms with E-state index in [1.165, 1.54) is 7.05 Å². The van der Waals surface area contributed by atoms with Crippen LogP contribution in [-0.2, 0) is 18.5 Å². The van der Waals surface area contributed by atoms with Gasteiger partial charge in [0.25, 0.3) is 5.56 Å². The first kappa shape index (κ1) is 12.9. The van der Waals surface area contributed by atoms with Crippen LogP contribution in [0, 0.1) is 5.82 Å². The molecule has 1 fully saturated rings. The van der Waals surface area contributed by atoms with E-state index in [0.717, 1.165) is 10.8 Å². The van der Waals surface area contributed by atoms with Crippen LogP contribution >= 0.6 is 0 Å². The Labute approximate surface area is 102 Å². The lowest BCUT2D eigenvalue weighted by Gasteiger charge is -2.33. The SMILES string of the molecule is Cn1cc(F)c(=O)n(C[N+]2(O)CCOCC2)c1=O. The maximum absolute atomic E-state index is 13.3. The van der Waals surface area contributed by atoms with Crippen molar-refractivity contribution in [3.63, 3.8) is 0 Å². The zero-order valence-corrected chi connectivity index (χ0v) is 10.0. The molecule has 7 nitrogen and oxygen atoms in total. The van der Waals surface area contributed by atoms with Crippen molar-refractivity contribution >= 4 is 0 Å². The molecule has 1 aliphatic heterocycles. The van der Waals surface area contributed by atoms with Gasteiger partial charge in [0, 0.05) is 13.2 Å². The van der Waals surface area contributed by atoms with E-state index >= 15 is 0 Å². The Balaban J connectivity index is 2.40. The van der Waals surface area contributed by atoms with Gasteiger partial charge in [-0.15, -0.1) is 0 Å². The van der Waals surface area contributed by atoms with Crippen molar-refractivity contribution in [2.45, 2.75) is 6.67 Å². The van der Waals surface area contributed by atoms with Crippen molar-refractivity contribution in [3.8, 4) is 0 Å². The van der Waals surface area contributed by atoms with Crippen molar-refractivity contribution in [2.75, 3.05) is 26.3 Å². The molecule has 1 N–H and O–H groups in total. The lowest BCUT2D eigenvalue weighted by atomic mass is 10.4. The summed E-state index contributed by atoms with van der Waals surface area (Å²) in [5.41, 5.74) is -1.67. The molecule has 0 radical (unpaired) electrons. The number of rotatable bonds is 2. The van der Waals surface area contributed by atoms with Crippen LogP contribution in [0.1, 0.15) is 0 Å². The molecule has 0 bridgehead atoms. The summed E-state index contributed by atoms with van der Waals surface area (Å²) in [6.07, 6.45) is 0.836. The minimum atomic E-state index is -1.02. The van der Waals surface area contributed by atoms with Crippen molar-refractivity contribution in [1.82, 2.24) is 9.13 Å². The summed E-state index contributed by atoms with van der Waals surface area (Å²) in [6, 6.07) is 0. The second kappa shape index (κ2) is 4.63. The van der Waals surface area contributed by atoms with Crippen LogP contribution in [0.15, 0.2) is 15.8 Å². The molecule has 0 saturated carbocycles. The van der Waals surface area contributed by atoms with Gasteiger partial charge in [0.1, 0.15) is 13.1 Å². The van der Waals surface area contributed by atoms with Crippen LogP contribution in [0.4, 0.5) is 4.39 Å². The van der Waals surface area contributed by atoms with Gasteiger partial charge >= 0.3 is 5.69 Å². The van der Waals surface area contributed by atoms with Gasteiger partial charge in [-0.25, -0.2) is 14.6 Å². The fourth-order valence-electron chi connectivity index (χ4n) is 1.90. The Bertz CT molecular complexity index is 525. The second-order valence-corrected chi connectivity index (χ2v) is 4.40. The highest BCUT2D eigenvalue weighted by atomic mass is 19.1. The summed E-state index contributed by atoms with van der Waals surface area (Å²) >= 11 is 0. The van der Waals surface area contributed by atoms with Gasteiger partial charge in [-0.3, -0.25) is 4.79 Å². The molecule has 0 amide bonds. The summed E-state index contributed by atoms with van der Waals surface area (Å²) in [7, 11) is 1.35. The Kier molecular flexibility index (Phi) is 3.33. The van der Waals surface area contributed by atoms with Gasteiger partial charge in [0.2, 0.25) is 5.82 Å². The van der Waals surface area contributed by atoms with E-state index in [-0.39, 0.29) is 19.8 Å². The van der Waals surface area contributed by atoms with Crippen molar-refractivity contribution in [1.29, 1.82) is 0 Å². The van der Waals surface area contributed by atoms with E-state index in [9.17, 15) is 19.2 Å². The van der Waals surface area contributed by atoms with Crippen LogP contribution in [-0.4, -0.2) is 45.3 Å². The monoisotopic (exact) mass is 260 g/mol. The first-order valence-electron chi connectivity index (χ1n) is 5.55. The molecule has 18 heavy (non-hydrogen) atoms. The molecule has 0 atom stereocenters. The molecule has 2 heterocycles. The number of ether oxygens (including phenoxy) is 1. The number of hydrogen-bond acceptors (Lipinski definition) is 4. The molecule has 0 aromatic carbocycles. The highest BCUT2D eigenvalue weighted by Gasteiger charge is 2.31. The van der Waals surface area contributed by atoms with Crippen LogP contribution < -0.4 is 11.2 Å². The first-order chi connectivity index (χ1) is 8.43. The van der Waals surface area contributed by atoms with Crippen LogP contribution in [0.2, 0.25) is 0 Å². The van der Waals surface area contributed by atoms with Gasteiger partial charge in [-0.2, -0.15) is 9.04 Å². The predicted octanol–water partition coefficient (Wildman–Crippen LogP) is -1.12. The average molecular weight is 260 g/mol. The highest BCUT2D eigenvalue weighted by molar-refractivity contribution is 4.88. The third-order valence-electron chi connectivity index (χ3n) is 3.00. The Morgan fingerprint density at radius 2 is 2.06 bits per heavy atom. The zero-order valence-electron chi connectivity index (χ0n) is 10.0. The quantitative estimate of drug-likeness (QED) is 0.684. The van der Waals surface area contributed by atoms with Crippen molar-refractivity contribution in [3.05, 3.63) is 32.9 Å². The predicted molar refractivity (Wildman–Crippen MR) is 58.5 cm³/mol. The van der Waals surface area contributed by atoms with E-state index < -0.39 is 21.7 Å². The molecule has 8 heteroatoms. The van der Waals surface area contributed by atoms with E-state index in [1.54, 1.807) is 0 Å². The largest absolute Gasteiger partial charge is 0.370 e. The lowest BCUT2D eigenvalue weighted by Crippen LogP contribution is -2.57. The maximum Gasteiger partial charge on any atom is 0.335 e. The number of hydrogen-bond donors (Lipinski definition) is 1. The van der Waals surface area contributed by atoms with E-state index in [4.69, 9.17) is 4.74 Å². The van der Waals surface area contributed by atoms with E-state index in [1.807, 2.05) is 0 Å². The Morgan fingerprint density at radius 1 is 1.44 bits per heavy atom. The van der Waals surface area contributed by atoms with Crippen molar-refractivity contribution < 1.29 is 19.0 Å². The average Bonchev–Trinajstić information content (AvgIpc) is 2.33. The smallest absolute Gasteiger partial charge is 0.335 e. The van der Waals surface area contributed by atoms with E-state index in [2.05, 4.69) is 0 Å². The minimum absolute atomic E-state index is 0.256. The molecule has 100 valence electrons. The third-order valence-corrected chi connectivity index (χ3v) is 3.00. The molecule has 0 unspecified atom stereocenters.